The van der Waals surface area contributed by atoms with Crippen molar-refractivity contribution in [2.24, 2.45) is 0 Å². The molecular formula is C14H21FN2O. The monoisotopic (exact) mass is 252 g/mol. The van der Waals surface area contributed by atoms with E-state index in [1.54, 1.807) is 12.1 Å². The quantitative estimate of drug-likeness (QED) is 0.834. The highest BCUT2D eigenvalue weighted by molar-refractivity contribution is 5.18. The molecule has 0 aliphatic carbocycles. The average molecular weight is 252 g/mol. The van der Waals surface area contributed by atoms with Crippen LogP contribution in [0.4, 0.5) is 4.39 Å². The highest BCUT2D eigenvalue weighted by atomic mass is 19.1. The van der Waals surface area contributed by atoms with Crippen molar-refractivity contribution in [1.82, 2.24) is 10.2 Å². The molecule has 2 rings (SSSR count). The zero-order valence-electron chi connectivity index (χ0n) is 10.6. The van der Waals surface area contributed by atoms with Crippen LogP contribution in [0.25, 0.3) is 0 Å². The summed E-state index contributed by atoms with van der Waals surface area (Å²) in [6.45, 7) is 5.32. The first-order valence-electron chi connectivity index (χ1n) is 6.62. The third kappa shape index (κ3) is 4.05. The Morgan fingerprint density at radius 3 is 2.56 bits per heavy atom. The molecule has 2 N–H and O–H groups in total. The summed E-state index contributed by atoms with van der Waals surface area (Å²) in [6, 6.07) is 6.11. The molecule has 0 spiro atoms. The number of nitrogens with zero attached hydrogens (tertiary/aromatic N) is 1. The van der Waals surface area contributed by atoms with Gasteiger partial charge in [0.15, 0.2) is 0 Å². The highest BCUT2D eigenvalue weighted by Crippen LogP contribution is 2.18. The second kappa shape index (κ2) is 6.83. The van der Waals surface area contributed by atoms with Crippen molar-refractivity contribution >= 4 is 0 Å². The molecule has 0 saturated carbocycles. The topological polar surface area (TPSA) is 35.5 Å². The van der Waals surface area contributed by atoms with Crippen molar-refractivity contribution in [3.63, 3.8) is 0 Å². The Kier molecular flexibility index (Phi) is 5.11. The Morgan fingerprint density at radius 2 is 1.89 bits per heavy atom. The molecule has 1 saturated heterocycles. The highest BCUT2D eigenvalue weighted by Gasteiger charge is 2.11. The maximum atomic E-state index is 12.8. The van der Waals surface area contributed by atoms with Gasteiger partial charge in [-0.05, 0) is 37.1 Å². The van der Waals surface area contributed by atoms with Gasteiger partial charge in [-0.25, -0.2) is 4.39 Å². The van der Waals surface area contributed by atoms with Gasteiger partial charge < -0.3 is 15.3 Å². The minimum absolute atomic E-state index is 0.258. The van der Waals surface area contributed by atoms with E-state index in [2.05, 4.69) is 10.2 Å². The van der Waals surface area contributed by atoms with Crippen molar-refractivity contribution in [3.8, 4) is 0 Å². The summed E-state index contributed by atoms with van der Waals surface area (Å²) < 4.78 is 12.8. The molecule has 100 valence electrons. The lowest BCUT2D eigenvalue weighted by Crippen LogP contribution is -2.43. The zero-order chi connectivity index (χ0) is 12.8. The average Bonchev–Trinajstić information content (AvgIpc) is 2.40. The molecular weight excluding hydrogens is 231 g/mol. The van der Waals surface area contributed by atoms with Gasteiger partial charge in [0, 0.05) is 26.2 Å². The Labute approximate surface area is 108 Å². The van der Waals surface area contributed by atoms with Crippen molar-refractivity contribution in [3.05, 3.63) is 35.6 Å². The van der Waals surface area contributed by atoms with Crippen LogP contribution < -0.4 is 5.32 Å². The van der Waals surface area contributed by atoms with Crippen LogP contribution in [0.5, 0.6) is 0 Å². The molecule has 1 unspecified atom stereocenters. The molecule has 1 aromatic rings. The van der Waals surface area contributed by atoms with Crippen molar-refractivity contribution in [2.75, 3.05) is 32.7 Å². The van der Waals surface area contributed by atoms with Crippen molar-refractivity contribution < 1.29 is 9.50 Å². The summed E-state index contributed by atoms with van der Waals surface area (Å²) in [6.07, 6.45) is 1.22. The number of hydrogen-bond acceptors (Lipinski definition) is 3. The number of rotatable bonds is 5. The van der Waals surface area contributed by atoms with Gasteiger partial charge in [-0.3, -0.25) is 0 Å². The van der Waals surface area contributed by atoms with E-state index in [0.29, 0.717) is 0 Å². The molecule has 0 amide bonds. The van der Waals surface area contributed by atoms with E-state index in [4.69, 9.17) is 0 Å². The third-order valence-electron chi connectivity index (χ3n) is 3.42. The molecule has 1 atom stereocenters. The largest absolute Gasteiger partial charge is 0.388 e. The second-order valence-corrected chi connectivity index (χ2v) is 4.80. The number of benzene rings is 1. The first kappa shape index (κ1) is 13.5. The molecule has 3 nitrogen and oxygen atoms in total. The maximum absolute atomic E-state index is 12.8. The van der Waals surface area contributed by atoms with Gasteiger partial charge in [0.2, 0.25) is 0 Å². The fraction of sp³-hybridized carbons (Fsp3) is 0.571. The molecule has 1 aromatic carbocycles. The van der Waals surface area contributed by atoms with Gasteiger partial charge in [0.25, 0.3) is 0 Å². The predicted molar refractivity (Wildman–Crippen MR) is 69.9 cm³/mol. The number of halogens is 1. The lowest BCUT2D eigenvalue weighted by atomic mass is 10.0. The number of piperazine rings is 1. The summed E-state index contributed by atoms with van der Waals surface area (Å²) in [7, 11) is 0. The predicted octanol–water partition coefficient (Wildman–Crippen LogP) is 1.54. The SMILES string of the molecule is OC(CCCN1CCNCC1)c1ccc(F)cc1. The zero-order valence-corrected chi connectivity index (χ0v) is 10.6. The minimum Gasteiger partial charge on any atom is -0.388 e. The van der Waals surface area contributed by atoms with Gasteiger partial charge in [-0.2, -0.15) is 0 Å². The van der Waals surface area contributed by atoms with Gasteiger partial charge in [-0.1, -0.05) is 12.1 Å². The first-order chi connectivity index (χ1) is 8.75. The molecule has 4 heteroatoms. The lowest BCUT2D eigenvalue weighted by Gasteiger charge is -2.27. The summed E-state index contributed by atoms with van der Waals surface area (Å²) in [5, 5.41) is 13.3. The van der Waals surface area contributed by atoms with Crippen LogP contribution in [0.1, 0.15) is 24.5 Å². The summed E-state index contributed by atoms with van der Waals surface area (Å²) in [4.78, 5) is 2.41. The van der Waals surface area contributed by atoms with Crippen LogP contribution in [0.2, 0.25) is 0 Å². The van der Waals surface area contributed by atoms with Gasteiger partial charge >= 0.3 is 0 Å². The molecule has 1 fully saturated rings. The van der Waals surface area contributed by atoms with E-state index in [0.717, 1.165) is 51.1 Å². The molecule has 0 aromatic heterocycles. The van der Waals surface area contributed by atoms with Crippen LogP contribution in [0.15, 0.2) is 24.3 Å². The summed E-state index contributed by atoms with van der Waals surface area (Å²) in [5.41, 5.74) is 0.803. The van der Waals surface area contributed by atoms with Crippen LogP contribution in [0.3, 0.4) is 0 Å². The molecule has 18 heavy (non-hydrogen) atoms. The maximum Gasteiger partial charge on any atom is 0.123 e. The Hall–Kier alpha value is -0.970. The molecule has 1 aliphatic rings. The molecule has 1 aliphatic heterocycles. The first-order valence-corrected chi connectivity index (χ1v) is 6.62. The Balaban J connectivity index is 1.70. The van der Waals surface area contributed by atoms with E-state index >= 15 is 0 Å². The van der Waals surface area contributed by atoms with Crippen LogP contribution in [-0.2, 0) is 0 Å². The summed E-state index contributed by atoms with van der Waals surface area (Å²) in [5.74, 6) is -0.258. The summed E-state index contributed by atoms with van der Waals surface area (Å²) >= 11 is 0. The van der Waals surface area contributed by atoms with Crippen molar-refractivity contribution in [1.29, 1.82) is 0 Å². The Morgan fingerprint density at radius 1 is 1.22 bits per heavy atom. The van der Waals surface area contributed by atoms with Gasteiger partial charge in [-0.15, -0.1) is 0 Å². The van der Waals surface area contributed by atoms with E-state index in [1.165, 1.54) is 12.1 Å². The number of aliphatic hydroxyl groups is 1. The molecule has 0 bridgehead atoms. The van der Waals surface area contributed by atoms with Gasteiger partial charge in [0.05, 0.1) is 6.10 Å². The van der Waals surface area contributed by atoms with Crippen molar-refractivity contribution in [2.45, 2.75) is 18.9 Å². The second-order valence-electron chi connectivity index (χ2n) is 4.80. The smallest absolute Gasteiger partial charge is 0.123 e. The van der Waals surface area contributed by atoms with E-state index in [9.17, 15) is 9.50 Å². The van der Waals surface area contributed by atoms with Gasteiger partial charge in [0.1, 0.15) is 5.82 Å². The Bertz CT molecular complexity index is 349. The number of aliphatic hydroxyl groups excluding tert-OH is 1. The lowest BCUT2D eigenvalue weighted by molar-refractivity contribution is 0.152. The fourth-order valence-electron chi connectivity index (χ4n) is 2.29. The van der Waals surface area contributed by atoms with E-state index in [-0.39, 0.29) is 5.82 Å². The van der Waals surface area contributed by atoms with E-state index in [1.807, 2.05) is 0 Å². The minimum atomic E-state index is -0.478. The fourth-order valence-corrected chi connectivity index (χ4v) is 2.29. The molecule has 0 radical (unpaired) electrons. The number of hydrogen-bond donors (Lipinski definition) is 2. The normalized spacial score (nSPS) is 18.8. The molecule has 1 heterocycles. The number of nitrogens with one attached hydrogen (secondary N) is 1. The standard InChI is InChI=1S/C14H21FN2O/c15-13-5-3-12(4-6-13)14(18)2-1-9-17-10-7-16-8-11-17/h3-6,14,16,18H,1-2,7-11H2. The van der Waals surface area contributed by atoms with Crippen LogP contribution in [-0.4, -0.2) is 42.7 Å². The van der Waals surface area contributed by atoms with Crippen LogP contribution >= 0.6 is 0 Å². The van der Waals surface area contributed by atoms with E-state index < -0.39 is 6.10 Å². The third-order valence-corrected chi connectivity index (χ3v) is 3.42. The van der Waals surface area contributed by atoms with Crippen LogP contribution in [0, 0.1) is 5.82 Å².